The maximum Gasteiger partial charge on any atom is 0.0719 e. The largest absolute Gasteiger partial charge is 0.396 e. The summed E-state index contributed by atoms with van der Waals surface area (Å²) in [6, 6.07) is 0. The van der Waals surface area contributed by atoms with Gasteiger partial charge in [0.1, 0.15) is 0 Å². The standard InChI is InChI=1S/C15H30N4/c1-13(2)5-7-18(8-6-14(3)4)9-10-19-12-15(16)11-17-19/h11-14H,5-10,16H2,1-4H3. The molecule has 1 heterocycles. The second-order valence-electron chi connectivity index (χ2n) is 6.24. The molecular weight excluding hydrogens is 236 g/mol. The Bertz CT molecular complexity index is 332. The predicted molar refractivity (Wildman–Crippen MR) is 82.0 cm³/mol. The SMILES string of the molecule is CC(C)CCN(CCC(C)C)CCn1cc(N)cn1. The number of anilines is 1. The number of hydrogen-bond acceptors (Lipinski definition) is 3. The van der Waals surface area contributed by atoms with Gasteiger partial charge in [0.25, 0.3) is 0 Å². The van der Waals surface area contributed by atoms with E-state index in [-0.39, 0.29) is 0 Å². The van der Waals surface area contributed by atoms with E-state index in [0.29, 0.717) is 0 Å². The first-order valence-electron chi connectivity index (χ1n) is 7.47. The lowest BCUT2D eigenvalue weighted by Gasteiger charge is -2.24. The van der Waals surface area contributed by atoms with E-state index < -0.39 is 0 Å². The fourth-order valence-corrected chi connectivity index (χ4v) is 1.96. The molecule has 1 aromatic heterocycles. The Morgan fingerprint density at radius 2 is 1.68 bits per heavy atom. The van der Waals surface area contributed by atoms with E-state index in [4.69, 9.17) is 5.73 Å². The van der Waals surface area contributed by atoms with Crippen molar-refractivity contribution in [3.8, 4) is 0 Å². The Balaban J connectivity index is 2.38. The number of nitrogen functional groups attached to an aromatic ring is 1. The zero-order chi connectivity index (χ0) is 14.3. The summed E-state index contributed by atoms with van der Waals surface area (Å²) in [7, 11) is 0. The van der Waals surface area contributed by atoms with Crippen LogP contribution in [0.2, 0.25) is 0 Å². The number of hydrogen-bond donors (Lipinski definition) is 1. The number of nitrogens with zero attached hydrogens (tertiary/aromatic N) is 3. The predicted octanol–water partition coefficient (Wildman–Crippen LogP) is 2.86. The molecule has 0 spiro atoms. The molecule has 4 heteroatoms. The Labute approximate surface area is 118 Å². The topological polar surface area (TPSA) is 47.1 Å². The Morgan fingerprint density at radius 3 is 2.11 bits per heavy atom. The van der Waals surface area contributed by atoms with Crippen molar-refractivity contribution >= 4 is 5.69 Å². The molecule has 0 aliphatic carbocycles. The van der Waals surface area contributed by atoms with Crippen LogP contribution >= 0.6 is 0 Å². The maximum absolute atomic E-state index is 5.68. The quantitative estimate of drug-likeness (QED) is 0.747. The molecule has 2 N–H and O–H groups in total. The van der Waals surface area contributed by atoms with Crippen LogP contribution < -0.4 is 5.73 Å². The summed E-state index contributed by atoms with van der Waals surface area (Å²) >= 11 is 0. The molecule has 0 aliphatic rings. The van der Waals surface area contributed by atoms with Crippen molar-refractivity contribution in [3.63, 3.8) is 0 Å². The maximum atomic E-state index is 5.68. The summed E-state index contributed by atoms with van der Waals surface area (Å²) in [6.07, 6.45) is 6.15. The van der Waals surface area contributed by atoms with Gasteiger partial charge in [-0.05, 0) is 37.8 Å². The number of nitrogens with two attached hydrogens (primary N) is 1. The molecule has 0 fully saturated rings. The molecule has 110 valence electrons. The van der Waals surface area contributed by atoms with Crippen LogP contribution in [0.1, 0.15) is 40.5 Å². The average molecular weight is 266 g/mol. The molecule has 0 unspecified atom stereocenters. The lowest BCUT2D eigenvalue weighted by molar-refractivity contribution is 0.232. The summed E-state index contributed by atoms with van der Waals surface area (Å²) in [6.45, 7) is 13.5. The first-order chi connectivity index (χ1) is 8.97. The third-order valence-corrected chi connectivity index (χ3v) is 3.34. The summed E-state index contributed by atoms with van der Waals surface area (Å²) in [5.41, 5.74) is 6.43. The molecule has 4 nitrogen and oxygen atoms in total. The molecule has 0 amide bonds. The average Bonchev–Trinajstić information content (AvgIpc) is 2.73. The lowest BCUT2D eigenvalue weighted by atomic mass is 10.1. The zero-order valence-electron chi connectivity index (χ0n) is 13.0. The lowest BCUT2D eigenvalue weighted by Crippen LogP contribution is -2.31. The minimum Gasteiger partial charge on any atom is -0.396 e. The van der Waals surface area contributed by atoms with Gasteiger partial charge in [-0.25, -0.2) is 0 Å². The van der Waals surface area contributed by atoms with Crippen LogP contribution in [0.4, 0.5) is 5.69 Å². The van der Waals surface area contributed by atoms with Crippen LogP contribution in [0, 0.1) is 11.8 Å². The number of rotatable bonds is 9. The van der Waals surface area contributed by atoms with Gasteiger partial charge < -0.3 is 10.6 Å². The highest BCUT2D eigenvalue weighted by molar-refractivity contribution is 5.30. The first-order valence-corrected chi connectivity index (χ1v) is 7.47. The summed E-state index contributed by atoms with van der Waals surface area (Å²) in [5, 5.41) is 4.24. The van der Waals surface area contributed by atoms with E-state index in [9.17, 15) is 0 Å². The molecule has 0 atom stereocenters. The molecule has 0 bridgehead atoms. The van der Waals surface area contributed by atoms with Crippen molar-refractivity contribution < 1.29 is 0 Å². The van der Waals surface area contributed by atoms with Crippen LogP contribution in [0.3, 0.4) is 0 Å². The Morgan fingerprint density at radius 1 is 1.11 bits per heavy atom. The van der Waals surface area contributed by atoms with E-state index in [1.165, 1.54) is 25.9 Å². The van der Waals surface area contributed by atoms with Crippen LogP contribution in [-0.4, -0.2) is 34.3 Å². The molecule has 0 radical (unpaired) electrons. The minimum absolute atomic E-state index is 0.746. The highest BCUT2D eigenvalue weighted by Crippen LogP contribution is 2.07. The summed E-state index contributed by atoms with van der Waals surface area (Å²) in [4.78, 5) is 2.55. The first kappa shape index (κ1) is 16.0. The highest BCUT2D eigenvalue weighted by atomic mass is 15.3. The van der Waals surface area contributed by atoms with Crippen molar-refractivity contribution in [1.29, 1.82) is 0 Å². The molecular formula is C15H30N4. The van der Waals surface area contributed by atoms with Gasteiger partial charge >= 0.3 is 0 Å². The van der Waals surface area contributed by atoms with Crippen molar-refractivity contribution in [3.05, 3.63) is 12.4 Å². The minimum atomic E-state index is 0.746. The molecule has 1 rings (SSSR count). The Kier molecular flexibility index (Phi) is 6.92. The van der Waals surface area contributed by atoms with Gasteiger partial charge in [-0.2, -0.15) is 5.10 Å². The second-order valence-corrected chi connectivity index (χ2v) is 6.24. The van der Waals surface area contributed by atoms with Crippen molar-refractivity contribution in [2.45, 2.75) is 47.1 Å². The van der Waals surface area contributed by atoms with Crippen molar-refractivity contribution in [2.24, 2.45) is 11.8 Å². The fraction of sp³-hybridized carbons (Fsp3) is 0.800. The molecule has 0 aliphatic heterocycles. The van der Waals surface area contributed by atoms with Gasteiger partial charge in [-0.15, -0.1) is 0 Å². The Hall–Kier alpha value is -1.03. The summed E-state index contributed by atoms with van der Waals surface area (Å²) < 4.78 is 1.94. The van der Waals surface area contributed by atoms with Crippen molar-refractivity contribution in [1.82, 2.24) is 14.7 Å². The van der Waals surface area contributed by atoms with E-state index in [0.717, 1.165) is 30.6 Å². The van der Waals surface area contributed by atoms with Crippen LogP contribution in [0.5, 0.6) is 0 Å². The van der Waals surface area contributed by atoms with E-state index in [2.05, 4.69) is 37.7 Å². The van der Waals surface area contributed by atoms with Crippen molar-refractivity contribution in [2.75, 3.05) is 25.4 Å². The molecule has 0 saturated heterocycles. The third-order valence-electron chi connectivity index (χ3n) is 3.34. The van der Waals surface area contributed by atoms with E-state index in [1.807, 2.05) is 10.9 Å². The molecule has 19 heavy (non-hydrogen) atoms. The number of aromatic nitrogens is 2. The van der Waals surface area contributed by atoms with Crippen LogP contribution in [-0.2, 0) is 6.54 Å². The van der Waals surface area contributed by atoms with E-state index in [1.54, 1.807) is 6.20 Å². The second kappa shape index (κ2) is 8.20. The molecule has 0 aromatic carbocycles. The highest BCUT2D eigenvalue weighted by Gasteiger charge is 2.08. The van der Waals surface area contributed by atoms with Gasteiger partial charge in [-0.3, -0.25) is 4.68 Å². The van der Waals surface area contributed by atoms with Crippen LogP contribution in [0.15, 0.2) is 12.4 Å². The monoisotopic (exact) mass is 266 g/mol. The van der Waals surface area contributed by atoms with Crippen LogP contribution in [0.25, 0.3) is 0 Å². The van der Waals surface area contributed by atoms with Gasteiger partial charge in [0.2, 0.25) is 0 Å². The molecule has 0 saturated carbocycles. The van der Waals surface area contributed by atoms with Gasteiger partial charge in [0.05, 0.1) is 18.4 Å². The van der Waals surface area contributed by atoms with E-state index >= 15 is 0 Å². The van der Waals surface area contributed by atoms with Gasteiger partial charge in [-0.1, -0.05) is 27.7 Å². The third kappa shape index (κ3) is 7.21. The normalized spacial score (nSPS) is 11.9. The van der Waals surface area contributed by atoms with Gasteiger partial charge in [0.15, 0.2) is 0 Å². The van der Waals surface area contributed by atoms with Gasteiger partial charge in [0, 0.05) is 12.7 Å². The summed E-state index contributed by atoms with van der Waals surface area (Å²) in [5.74, 6) is 1.53. The fourth-order valence-electron chi connectivity index (χ4n) is 1.96. The zero-order valence-corrected chi connectivity index (χ0v) is 13.0. The smallest absolute Gasteiger partial charge is 0.0719 e. The molecule has 1 aromatic rings.